The number of benzene rings is 1. The first kappa shape index (κ1) is 13.7. The van der Waals surface area contributed by atoms with Crippen LogP contribution in [0.15, 0.2) is 22.7 Å². The summed E-state index contributed by atoms with van der Waals surface area (Å²) in [6.07, 6.45) is 5.45. The summed E-state index contributed by atoms with van der Waals surface area (Å²) in [5.74, 6) is 0. The Hall–Kier alpha value is -0.250. The molecule has 2 saturated carbocycles. The van der Waals surface area contributed by atoms with E-state index in [2.05, 4.69) is 34.2 Å². The fourth-order valence-corrected chi connectivity index (χ4v) is 4.00. The SMILES string of the molecule is CCOC1CC(Nc2cccc(Cl)c2Br)C12CCC2. The van der Waals surface area contributed by atoms with Gasteiger partial charge in [-0.2, -0.15) is 0 Å². The Labute approximate surface area is 128 Å². The van der Waals surface area contributed by atoms with Gasteiger partial charge in [-0.1, -0.05) is 24.1 Å². The van der Waals surface area contributed by atoms with Crippen molar-refractivity contribution in [1.82, 2.24) is 0 Å². The van der Waals surface area contributed by atoms with Crippen LogP contribution in [0.4, 0.5) is 5.69 Å². The summed E-state index contributed by atoms with van der Waals surface area (Å²) in [5, 5.41) is 4.42. The fourth-order valence-electron chi connectivity index (χ4n) is 3.44. The molecule has 3 rings (SSSR count). The lowest BCUT2D eigenvalue weighted by Crippen LogP contribution is -2.64. The third-order valence-electron chi connectivity index (χ3n) is 4.72. The van der Waals surface area contributed by atoms with Crippen LogP contribution in [0.5, 0.6) is 0 Å². The topological polar surface area (TPSA) is 21.3 Å². The highest BCUT2D eigenvalue weighted by molar-refractivity contribution is 9.10. The van der Waals surface area contributed by atoms with Crippen LogP contribution in [0.2, 0.25) is 5.02 Å². The number of ether oxygens (including phenoxy) is 1. The second-order valence-corrected chi connectivity index (χ2v) is 6.76. The Morgan fingerprint density at radius 2 is 2.26 bits per heavy atom. The van der Waals surface area contributed by atoms with Crippen molar-refractivity contribution in [1.29, 1.82) is 0 Å². The predicted molar refractivity (Wildman–Crippen MR) is 82.9 cm³/mol. The Bertz CT molecular complexity index is 475. The summed E-state index contributed by atoms with van der Waals surface area (Å²) in [6, 6.07) is 6.49. The van der Waals surface area contributed by atoms with Crippen molar-refractivity contribution >= 4 is 33.2 Å². The van der Waals surface area contributed by atoms with Crippen LogP contribution in [-0.4, -0.2) is 18.8 Å². The summed E-state index contributed by atoms with van der Waals surface area (Å²) >= 11 is 9.70. The third-order valence-corrected chi connectivity index (χ3v) is 6.12. The molecule has 2 aliphatic carbocycles. The van der Waals surface area contributed by atoms with Crippen LogP contribution in [0, 0.1) is 5.41 Å². The second-order valence-electron chi connectivity index (χ2n) is 5.56. The number of halogens is 2. The van der Waals surface area contributed by atoms with Gasteiger partial charge in [-0.15, -0.1) is 0 Å². The molecule has 2 unspecified atom stereocenters. The molecule has 2 aliphatic rings. The van der Waals surface area contributed by atoms with Crippen molar-refractivity contribution in [3.63, 3.8) is 0 Å². The van der Waals surface area contributed by atoms with E-state index in [1.807, 2.05) is 12.1 Å². The van der Waals surface area contributed by atoms with Crippen LogP contribution in [0.25, 0.3) is 0 Å². The standard InChI is InChI=1S/C15H19BrClNO/c1-2-19-13-9-12(15(13)7-4-8-15)18-11-6-3-5-10(17)14(11)16/h3,5-6,12-13,18H,2,4,7-9H2,1H3. The Kier molecular flexibility index (Phi) is 3.80. The number of rotatable bonds is 4. The zero-order chi connectivity index (χ0) is 13.5. The van der Waals surface area contributed by atoms with E-state index in [9.17, 15) is 0 Å². The molecule has 2 nitrogen and oxygen atoms in total. The molecule has 0 aliphatic heterocycles. The van der Waals surface area contributed by atoms with E-state index in [0.29, 0.717) is 17.6 Å². The molecule has 0 saturated heterocycles. The van der Waals surface area contributed by atoms with Crippen molar-refractivity contribution < 1.29 is 4.74 Å². The lowest BCUT2D eigenvalue weighted by atomic mass is 9.51. The zero-order valence-corrected chi connectivity index (χ0v) is 13.4. The maximum atomic E-state index is 6.14. The first-order valence-corrected chi connectivity index (χ1v) is 8.16. The van der Waals surface area contributed by atoms with E-state index in [1.54, 1.807) is 0 Å². The molecule has 104 valence electrons. The van der Waals surface area contributed by atoms with Gasteiger partial charge in [0.2, 0.25) is 0 Å². The molecule has 2 atom stereocenters. The van der Waals surface area contributed by atoms with E-state index in [-0.39, 0.29) is 0 Å². The van der Waals surface area contributed by atoms with E-state index >= 15 is 0 Å². The van der Waals surface area contributed by atoms with Crippen molar-refractivity contribution in [3.8, 4) is 0 Å². The number of nitrogens with one attached hydrogen (secondary N) is 1. The smallest absolute Gasteiger partial charge is 0.0670 e. The van der Waals surface area contributed by atoms with Gasteiger partial charge in [0.05, 0.1) is 21.3 Å². The highest BCUT2D eigenvalue weighted by atomic mass is 79.9. The van der Waals surface area contributed by atoms with Gasteiger partial charge in [0, 0.05) is 18.1 Å². The molecule has 2 fully saturated rings. The highest BCUT2D eigenvalue weighted by Crippen LogP contribution is 2.58. The van der Waals surface area contributed by atoms with Gasteiger partial charge in [0.1, 0.15) is 0 Å². The first-order chi connectivity index (χ1) is 9.17. The van der Waals surface area contributed by atoms with E-state index in [0.717, 1.165) is 28.2 Å². The Morgan fingerprint density at radius 3 is 2.89 bits per heavy atom. The molecule has 4 heteroatoms. The minimum absolute atomic E-state index is 0.373. The van der Waals surface area contributed by atoms with Crippen LogP contribution in [-0.2, 0) is 4.74 Å². The number of hydrogen-bond donors (Lipinski definition) is 1. The minimum atomic E-state index is 0.373. The molecular formula is C15H19BrClNO. The van der Waals surface area contributed by atoms with Crippen molar-refractivity contribution in [2.24, 2.45) is 5.41 Å². The maximum absolute atomic E-state index is 6.14. The summed E-state index contributed by atoms with van der Waals surface area (Å²) in [4.78, 5) is 0. The monoisotopic (exact) mass is 343 g/mol. The zero-order valence-electron chi connectivity index (χ0n) is 11.1. The Morgan fingerprint density at radius 1 is 1.47 bits per heavy atom. The molecule has 1 spiro atoms. The number of anilines is 1. The van der Waals surface area contributed by atoms with E-state index in [4.69, 9.17) is 16.3 Å². The largest absolute Gasteiger partial charge is 0.381 e. The summed E-state index contributed by atoms with van der Waals surface area (Å²) in [7, 11) is 0. The van der Waals surface area contributed by atoms with E-state index in [1.165, 1.54) is 19.3 Å². The minimum Gasteiger partial charge on any atom is -0.381 e. The molecule has 0 aromatic heterocycles. The van der Waals surface area contributed by atoms with Crippen LogP contribution < -0.4 is 5.32 Å². The van der Waals surface area contributed by atoms with Gasteiger partial charge in [-0.25, -0.2) is 0 Å². The highest BCUT2D eigenvalue weighted by Gasteiger charge is 2.58. The summed E-state index contributed by atoms with van der Waals surface area (Å²) < 4.78 is 6.84. The molecule has 0 amide bonds. The van der Waals surface area contributed by atoms with Crippen LogP contribution >= 0.6 is 27.5 Å². The molecule has 0 bridgehead atoms. The molecule has 0 radical (unpaired) electrons. The van der Waals surface area contributed by atoms with Gasteiger partial charge >= 0.3 is 0 Å². The van der Waals surface area contributed by atoms with Gasteiger partial charge in [-0.05, 0) is 54.2 Å². The third kappa shape index (κ3) is 2.20. The molecule has 19 heavy (non-hydrogen) atoms. The lowest BCUT2D eigenvalue weighted by molar-refractivity contribution is -0.157. The lowest BCUT2D eigenvalue weighted by Gasteiger charge is -2.61. The summed E-state index contributed by atoms with van der Waals surface area (Å²) in [5.41, 5.74) is 1.47. The van der Waals surface area contributed by atoms with Crippen molar-refractivity contribution in [2.75, 3.05) is 11.9 Å². The van der Waals surface area contributed by atoms with Crippen molar-refractivity contribution in [2.45, 2.75) is 44.8 Å². The van der Waals surface area contributed by atoms with Crippen LogP contribution in [0.3, 0.4) is 0 Å². The van der Waals surface area contributed by atoms with Gasteiger partial charge in [-0.3, -0.25) is 0 Å². The van der Waals surface area contributed by atoms with Crippen molar-refractivity contribution in [3.05, 3.63) is 27.7 Å². The predicted octanol–water partition coefficient (Wildman–Crippen LogP) is 4.86. The molecule has 1 aromatic rings. The average molecular weight is 345 g/mol. The average Bonchev–Trinajstić information content (AvgIpc) is 2.31. The van der Waals surface area contributed by atoms with Gasteiger partial charge in [0.25, 0.3) is 0 Å². The van der Waals surface area contributed by atoms with Gasteiger partial charge in [0.15, 0.2) is 0 Å². The van der Waals surface area contributed by atoms with Crippen LogP contribution in [0.1, 0.15) is 32.6 Å². The first-order valence-electron chi connectivity index (χ1n) is 6.99. The molecular weight excluding hydrogens is 326 g/mol. The molecule has 1 N–H and O–H groups in total. The number of hydrogen-bond acceptors (Lipinski definition) is 2. The fraction of sp³-hybridized carbons (Fsp3) is 0.600. The maximum Gasteiger partial charge on any atom is 0.0670 e. The van der Waals surface area contributed by atoms with E-state index < -0.39 is 0 Å². The van der Waals surface area contributed by atoms with Gasteiger partial charge < -0.3 is 10.1 Å². The molecule has 1 aromatic carbocycles. The Balaban J connectivity index is 1.73. The molecule has 0 heterocycles. The normalized spacial score (nSPS) is 27.7. The quantitative estimate of drug-likeness (QED) is 0.842. The second kappa shape index (κ2) is 5.27. The summed E-state index contributed by atoms with van der Waals surface area (Å²) in [6.45, 7) is 2.90.